The Bertz CT molecular complexity index is 1710. The van der Waals surface area contributed by atoms with Gasteiger partial charge in [0.05, 0.1) is 14.2 Å². The second-order valence-corrected chi connectivity index (χ2v) is 10.8. The highest BCUT2D eigenvalue weighted by atomic mass is 16.6. The molecule has 4 rings (SSSR count). The van der Waals surface area contributed by atoms with Gasteiger partial charge >= 0.3 is 18.0 Å². The summed E-state index contributed by atoms with van der Waals surface area (Å²) in [6, 6.07) is 20.9. The van der Waals surface area contributed by atoms with Gasteiger partial charge in [-0.2, -0.15) is 0 Å². The number of methoxy groups -OCH3 is 2. The SMILES string of the molecule is C=C=C=C=C.COC(=O)C(C)NC(=O)CCC(=O)Nc1ccc(C[C@H](NC(=O)OCC2c3ccccc3-c3ccccc32)C(=O)OC)cc1. The number of amides is 3. The van der Waals surface area contributed by atoms with Crippen LogP contribution in [0.3, 0.4) is 0 Å². The summed E-state index contributed by atoms with van der Waals surface area (Å²) in [6.07, 6.45) is -0.802. The van der Waals surface area contributed by atoms with Gasteiger partial charge in [0, 0.05) is 30.9 Å². The van der Waals surface area contributed by atoms with E-state index in [0.717, 1.165) is 22.3 Å². The molecule has 1 aliphatic carbocycles. The van der Waals surface area contributed by atoms with Gasteiger partial charge in [-0.15, -0.1) is 0 Å². The normalized spacial score (nSPS) is 12.0. The fourth-order valence-corrected chi connectivity index (χ4v) is 5.14. The van der Waals surface area contributed by atoms with E-state index in [-0.39, 0.29) is 37.7 Å². The number of alkyl carbamates (subject to hydrolysis) is 1. The molecule has 0 aromatic heterocycles. The molecule has 0 fully saturated rings. The molecule has 1 aliphatic rings. The Labute approximate surface area is 285 Å². The van der Waals surface area contributed by atoms with Gasteiger partial charge in [-0.05, 0) is 65.8 Å². The van der Waals surface area contributed by atoms with Gasteiger partial charge in [-0.25, -0.2) is 14.4 Å². The molecule has 254 valence electrons. The topological polar surface area (TPSA) is 149 Å². The molecule has 3 aromatic carbocycles. The number of fused-ring (bicyclic) bond motifs is 3. The lowest BCUT2D eigenvalue weighted by Crippen LogP contribution is -2.43. The van der Waals surface area contributed by atoms with Gasteiger partial charge < -0.3 is 30.2 Å². The molecule has 0 spiro atoms. The quantitative estimate of drug-likeness (QED) is 0.140. The van der Waals surface area contributed by atoms with Crippen molar-refractivity contribution < 1.29 is 38.2 Å². The minimum Gasteiger partial charge on any atom is -0.467 e. The van der Waals surface area contributed by atoms with E-state index in [1.165, 1.54) is 21.1 Å². The summed E-state index contributed by atoms with van der Waals surface area (Å²) in [4.78, 5) is 61.0. The molecule has 0 bridgehead atoms. The third-order valence-electron chi connectivity index (χ3n) is 7.49. The van der Waals surface area contributed by atoms with Crippen LogP contribution in [0.1, 0.15) is 42.4 Å². The van der Waals surface area contributed by atoms with Crippen LogP contribution >= 0.6 is 0 Å². The summed E-state index contributed by atoms with van der Waals surface area (Å²) in [5.41, 5.74) is 12.6. The molecule has 0 heterocycles. The number of esters is 2. The third kappa shape index (κ3) is 11.0. The maximum absolute atomic E-state index is 12.8. The van der Waals surface area contributed by atoms with Gasteiger partial charge in [0.1, 0.15) is 18.7 Å². The highest BCUT2D eigenvalue weighted by molar-refractivity contribution is 5.94. The number of hydrogen-bond donors (Lipinski definition) is 3. The molecular formula is C38H39N3O8. The number of nitrogens with one attached hydrogen (secondary N) is 3. The Morgan fingerprint density at radius 1 is 0.755 bits per heavy atom. The first kappa shape index (κ1) is 37.3. The van der Waals surface area contributed by atoms with E-state index in [1.807, 2.05) is 48.5 Å². The zero-order chi connectivity index (χ0) is 35.8. The molecule has 11 heteroatoms. The van der Waals surface area contributed by atoms with Crippen LogP contribution < -0.4 is 16.0 Å². The molecule has 3 amide bonds. The molecule has 11 nitrogen and oxygen atoms in total. The van der Waals surface area contributed by atoms with Crippen LogP contribution in [-0.2, 0) is 39.8 Å². The first-order valence-corrected chi connectivity index (χ1v) is 15.4. The van der Waals surface area contributed by atoms with Crippen LogP contribution in [0, 0.1) is 0 Å². The van der Waals surface area contributed by atoms with Crippen molar-refractivity contribution in [3.63, 3.8) is 0 Å². The van der Waals surface area contributed by atoms with Crippen molar-refractivity contribution in [1.82, 2.24) is 10.6 Å². The lowest BCUT2D eigenvalue weighted by molar-refractivity contribution is -0.144. The van der Waals surface area contributed by atoms with Crippen molar-refractivity contribution in [3.05, 3.63) is 120 Å². The van der Waals surface area contributed by atoms with Crippen molar-refractivity contribution in [1.29, 1.82) is 0 Å². The predicted molar refractivity (Wildman–Crippen MR) is 183 cm³/mol. The van der Waals surface area contributed by atoms with Gasteiger partial charge in [0.15, 0.2) is 0 Å². The van der Waals surface area contributed by atoms with E-state index in [4.69, 9.17) is 9.47 Å². The van der Waals surface area contributed by atoms with Crippen LogP contribution in [0.15, 0.2) is 103 Å². The van der Waals surface area contributed by atoms with Crippen LogP contribution in [-0.4, -0.2) is 62.8 Å². The van der Waals surface area contributed by atoms with Crippen LogP contribution in [0.4, 0.5) is 10.5 Å². The Kier molecular flexibility index (Phi) is 14.4. The fourth-order valence-electron chi connectivity index (χ4n) is 5.14. The number of carbonyl (C=O) groups is 5. The number of ether oxygens (including phenoxy) is 3. The molecule has 49 heavy (non-hydrogen) atoms. The Hall–Kier alpha value is -6.11. The van der Waals surface area contributed by atoms with E-state index < -0.39 is 36.0 Å². The lowest BCUT2D eigenvalue weighted by Gasteiger charge is -2.19. The number of anilines is 1. The summed E-state index contributed by atoms with van der Waals surface area (Å²) in [7, 11) is 2.46. The smallest absolute Gasteiger partial charge is 0.407 e. The predicted octanol–water partition coefficient (Wildman–Crippen LogP) is 4.97. The Balaban J connectivity index is 0.00000121. The summed E-state index contributed by atoms with van der Waals surface area (Å²) in [6.45, 7) is 8.02. The molecule has 0 radical (unpaired) electrons. The highest BCUT2D eigenvalue weighted by Crippen LogP contribution is 2.44. The van der Waals surface area contributed by atoms with Crippen molar-refractivity contribution in [3.8, 4) is 11.1 Å². The van der Waals surface area contributed by atoms with E-state index in [2.05, 4.69) is 51.0 Å². The second kappa shape index (κ2) is 18.9. The summed E-state index contributed by atoms with van der Waals surface area (Å²) in [5, 5.41) is 7.77. The summed E-state index contributed by atoms with van der Waals surface area (Å²) in [5.74, 6) is -2.17. The van der Waals surface area contributed by atoms with Crippen LogP contribution in [0.5, 0.6) is 0 Å². The van der Waals surface area contributed by atoms with Crippen LogP contribution in [0.2, 0.25) is 0 Å². The minimum atomic E-state index is -0.998. The zero-order valence-electron chi connectivity index (χ0n) is 27.7. The first-order valence-electron chi connectivity index (χ1n) is 15.4. The van der Waals surface area contributed by atoms with Crippen molar-refractivity contribution >= 4 is 35.5 Å². The van der Waals surface area contributed by atoms with Crippen LogP contribution in [0.25, 0.3) is 11.1 Å². The van der Waals surface area contributed by atoms with Crippen molar-refractivity contribution in [2.75, 3.05) is 26.1 Å². The first-order chi connectivity index (χ1) is 23.6. The maximum atomic E-state index is 12.8. The second-order valence-electron chi connectivity index (χ2n) is 10.8. The summed E-state index contributed by atoms with van der Waals surface area (Å²) >= 11 is 0. The lowest BCUT2D eigenvalue weighted by atomic mass is 9.98. The van der Waals surface area contributed by atoms with Gasteiger partial charge in [0.2, 0.25) is 11.8 Å². The Morgan fingerprint density at radius 3 is 1.84 bits per heavy atom. The highest BCUT2D eigenvalue weighted by Gasteiger charge is 2.30. The van der Waals surface area contributed by atoms with E-state index in [9.17, 15) is 24.0 Å². The van der Waals surface area contributed by atoms with E-state index in [1.54, 1.807) is 24.3 Å². The molecule has 3 aromatic rings. The molecule has 1 unspecified atom stereocenters. The minimum absolute atomic E-state index is 0.0874. The molecule has 0 aliphatic heterocycles. The molecule has 2 atom stereocenters. The molecule has 3 N–H and O–H groups in total. The standard InChI is InChI=1S/C33H35N3O8.C5H4/c1-20(31(39)42-2)34-29(37)16-17-30(38)35-22-14-12-21(13-15-22)18-28(32(40)43-3)36-33(41)44-19-27-25-10-6-4-8-23(25)24-9-5-7-11-26(24)27;1-3-5-4-2/h4-15,20,27-28H,16-19H2,1-3H3,(H,34,37)(H,35,38)(H,36,41);1-2H2/t20?,28-;/m0./s1. The number of carbonyl (C=O) groups excluding carboxylic acids is 5. The van der Waals surface area contributed by atoms with Gasteiger partial charge in [-0.3, -0.25) is 9.59 Å². The van der Waals surface area contributed by atoms with Gasteiger partial charge in [-0.1, -0.05) is 72.1 Å². The number of benzene rings is 3. The monoisotopic (exact) mass is 665 g/mol. The summed E-state index contributed by atoms with van der Waals surface area (Å²) < 4.78 is 15.0. The maximum Gasteiger partial charge on any atom is 0.407 e. The van der Waals surface area contributed by atoms with Crippen molar-refractivity contribution in [2.45, 2.75) is 44.2 Å². The molecular weight excluding hydrogens is 626 g/mol. The third-order valence-corrected chi connectivity index (χ3v) is 7.49. The Morgan fingerprint density at radius 2 is 1.31 bits per heavy atom. The largest absolute Gasteiger partial charge is 0.467 e. The van der Waals surface area contributed by atoms with E-state index in [0.29, 0.717) is 11.3 Å². The fraction of sp³-hybridized carbons (Fsp3) is 0.263. The average molecular weight is 666 g/mol. The number of hydrogen-bond acceptors (Lipinski definition) is 8. The zero-order valence-corrected chi connectivity index (χ0v) is 27.7. The number of rotatable bonds is 12. The molecule has 0 saturated heterocycles. The van der Waals surface area contributed by atoms with Crippen molar-refractivity contribution in [2.24, 2.45) is 0 Å². The van der Waals surface area contributed by atoms with E-state index >= 15 is 0 Å². The average Bonchev–Trinajstić information content (AvgIpc) is 3.43. The van der Waals surface area contributed by atoms with Gasteiger partial charge in [0.25, 0.3) is 0 Å². The molecule has 0 saturated carbocycles.